The first-order chi connectivity index (χ1) is 16.1. The van der Waals surface area contributed by atoms with Crippen molar-refractivity contribution in [2.45, 2.75) is 56.9 Å². The van der Waals surface area contributed by atoms with Crippen LogP contribution >= 0.6 is 15.9 Å². The molecule has 0 aromatic heterocycles. The lowest BCUT2D eigenvalue weighted by atomic mass is 10.0. The van der Waals surface area contributed by atoms with E-state index in [-0.39, 0.29) is 19.6 Å². The van der Waals surface area contributed by atoms with Crippen LogP contribution in [0.5, 0.6) is 0 Å². The van der Waals surface area contributed by atoms with Crippen LogP contribution in [-0.2, 0) is 41.7 Å². The Balaban J connectivity index is 1.73. The molecular formula is C25H27BrO7. The third-order valence-electron chi connectivity index (χ3n) is 5.05. The number of esters is 1. The Bertz CT molecular complexity index is 913. The van der Waals surface area contributed by atoms with Crippen LogP contribution in [0.1, 0.15) is 24.0 Å². The minimum atomic E-state index is -1.29. The van der Waals surface area contributed by atoms with Gasteiger partial charge in [0.15, 0.2) is 6.29 Å². The van der Waals surface area contributed by atoms with Crippen LogP contribution in [0.15, 0.2) is 60.7 Å². The maximum absolute atomic E-state index is 12.2. The highest BCUT2D eigenvalue weighted by Crippen LogP contribution is 2.29. The topological polar surface area (TPSA) is 83.5 Å². The zero-order valence-electron chi connectivity index (χ0n) is 18.3. The molecule has 1 saturated heterocycles. The summed E-state index contributed by atoms with van der Waals surface area (Å²) in [6.45, 7) is 0.494. The Hall–Kier alpha value is -2.25. The standard InChI is InChI=1S/C25H27BrO7/c1-29-25-23(31-17-19-12-6-3-7-13-19)22(30-16-18-10-4-2-5-11-18)21(28)24(33-25)32-20(27)14-8-9-15-26/h2-7,10-13,21-25,28H,8,14,16-17H2,1H3/t21-,22-,23+,24-,25-/m0/s1. The molecule has 1 aliphatic rings. The molecule has 176 valence electrons. The highest BCUT2D eigenvalue weighted by molar-refractivity contribution is 9.12. The van der Waals surface area contributed by atoms with Crippen molar-refractivity contribution >= 4 is 21.9 Å². The molecule has 0 aliphatic carbocycles. The molecule has 0 radical (unpaired) electrons. The van der Waals surface area contributed by atoms with Crippen molar-refractivity contribution in [3.05, 3.63) is 71.8 Å². The Kier molecular flexibility index (Phi) is 10.3. The fraction of sp³-hybridized carbons (Fsp3) is 0.400. The summed E-state index contributed by atoms with van der Waals surface area (Å²) in [7, 11) is 1.46. The predicted molar refractivity (Wildman–Crippen MR) is 124 cm³/mol. The summed E-state index contributed by atoms with van der Waals surface area (Å²) in [5.74, 6) is 2.18. The second kappa shape index (κ2) is 13.5. The molecule has 0 saturated carbocycles. The van der Waals surface area contributed by atoms with Gasteiger partial charge in [-0.1, -0.05) is 66.6 Å². The first-order valence-electron chi connectivity index (χ1n) is 10.6. The van der Waals surface area contributed by atoms with Crippen molar-refractivity contribution in [3.63, 3.8) is 0 Å². The monoisotopic (exact) mass is 518 g/mol. The number of hydrogen-bond acceptors (Lipinski definition) is 7. The van der Waals surface area contributed by atoms with Crippen molar-refractivity contribution in [3.8, 4) is 10.8 Å². The Morgan fingerprint density at radius 1 is 0.970 bits per heavy atom. The number of aliphatic hydroxyl groups excluding tert-OH is 1. The third-order valence-corrected chi connectivity index (χ3v) is 5.33. The molecular weight excluding hydrogens is 492 g/mol. The van der Waals surface area contributed by atoms with Crippen LogP contribution in [0.2, 0.25) is 0 Å². The fourth-order valence-electron chi connectivity index (χ4n) is 3.38. The van der Waals surface area contributed by atoms with E-state index in [1.807, 2.05) is 60.7 Å². The van der Waals surface area contributed by atoms with E-state index in [1.165, 1.54) is 7.11 Å². The molecule has 2 aromatic carbocycles. The zero-order chi connectivity index (χ0) is 23.5. The van der Waals surface area contributed by atoms with Gasteiger partial charge in [-0.3, -0.25) is 4.79 Å². The lowest BCUT2D eigenvalue weighted by Gasteiger charge is -2.43. The number of carbonyl (C=O) groups is 1. The molecule has 33 heavy (non-hydrogen) atoms. The normalized spacial score (nSPS) is 24.5. The summed E-state index contributed by atoms with van der Waals surface area (Å²) < 4.78 is 28.7. The second-order valence-electron chi connectivity index (χ2n) is 7.38. The molecule has 2 aromatic rings. The maximum atomic E-state index is 12.2. The molecule has 1 aliphatic heterocycles. The number of carbonyl (C=O) groups excluding carboxylic acids is 1. The van der Waals surface area contributed by atoms with Gasteiger partial charge in [0.2, 0.25) is 6.29 Å². The molecule has 3 rings (SSSR count). The van der Waals surface area contributed by atoms with Crippen LogP contribution in [-0.4, -0.2) is 49.1 Å². The van der Waals surface area contributed by atoms with Gasteiger partial charge < -0.3 is 28.8 Å². The number of halogens is 1. The van der Waals surface area contributed by atoms with Gasteiger partial charge in [-0.2, -0.15) is 0 Å². The first-order valence-corrected chi connectivity index (χ1v) is 11.4. The van der Waals surface area contributed by atoms with Crippen molar-refractivity contribution in [2.24, 2.45) is 0 Å². The van der Waals surface area contributed by atoms with Crippen LogP contribution in [0, 0.1) is 10.8 Å². The average molecular weight is 519 g/mol. The summed E-state index contributed by atoms with van der Waals surface area (Å²) in [6.07, 6.45) is -4.72. The number of methoxy groups -OCH3 is 1. The molecule has 7 nitrogen and oxygen atoms in total. The Morgan fingerprint density at radius 3 is 2.09 bits per heavy atom. The van der Waals surface area contributed by atoms with Crippen molar-refractivity contribution in [2.75, 3.05) is 7.11 Å². The maximum Gasteiger partial charge on any atom is 0.309 e. The fourth-order valence-corrected chi connectivity index (χ4v) is 3.58. The van der Waals surface area contributed by atoms with Gasteiger partial charge in [0.05, 0.1) is 19.6 Å². The number of aliphatic hydroxyl groups is 1. The quantitative estimate of drug-likeness (QED) is 0.380. The minimum absolute atomic E-state index is 0.0618. The van der Waals surface area contributed by atoms with E-state index in [1.54, 1.807) is 0 Å². The number of hydrogen-bond donors (Lipinski definition) is 1. The average Bonchev–Trinajstić information content (AvgIpc) is 2.85. The molecule has 0 unspecified atom stereocenters. The minimum Gasteiger partial charge on any atom is -0.433 e. The lowest BCUT2D eigenvalue weighted by molar-refractivity contribution is -0.351. The third kappa shape index (κ3) is 7.64. The summed E-state index contributed by atoms with van der Waals surface area (Å²) in [6, 6.07) is 19.2. The summed E-state index contributed by atoms with van der Waals surface area (Å²) in [4.78, 5) is 14.7. The number of benzene rings is 2. The van der Waals surface area contributed by atoms with Crippen molar-refractivity contribution in [1.82, 2.24) is 0 Å². The van der Waals surface area contributed by atoms with Crippen LogP contribution in [0.3, 0.4) is 0 Å². The Labute approximate surface area is 202 Å². The van der Waals surface area contributed by atoms with E-state index in [2.05, 4.69) is 26.7 Å². The largest absolute Gasteiger partial charge is 0.433 e. The molecule has 1 heterocycles. The van der Waals surface area contributed by atoms with E-state index in [9.17, 15) is 9.90 Å². The van der Waals surface area contributed by atoms with E-state index >= 15 is 0 Å². The highest BCUT2D eigenvalue weighted by atomic mass is 79.9. The summed E-state index contributed by atoms with van der Waals surface area (Å²) in [5.41, 5.74) is 1.87. The van der Waals surface area contributed by atoms with Gasteiger partial charge in [0.1, 0.15) is 18.3 Å². The van der Waals surface area contributed by atoms with Crippen LogP contribution < -0.4 is 0 Å². The summed E-state index contributed by atoms with van der Waals surface area (Å²) >= 11 is 2.98. The lowest BCUT2D eigenvalue weighted by Crippen LogP contribution is -2.60. The molecule has 0 bridgehead atoms. The zero-order valence-corrected chi connectivity index (χ0v) is 19.8. The van der Waals surface area contributed by atoms with Crippen molar-refractivity contribution in [1.29, 1.82) is 0 Å². The van der Waals surface area contributed by atoms with Gasteiger partial charge in [-0.05, 0) is 16.0 Å². The van der Waals surface area contributed by atoms with Crippen molar-refractivity contribution < 1.29 is 33.6 Å². The van der Waals surface area contributed by atoms with Gasteiger partial charge in [0.25, 0.3) is 0 Å². The Morgan fingerprint density at radius 2 is 1.55 bits per heavy atom. The summed E-state index contributed by atoms with van der Waals surface area (Å²) in [5, 5.41) is 11.0. The molecule has 1 fully saturated rings. The van der Waals surface area contributed by atoms with Crippen LogP contribution in [0.25, 0.3) is 0 Å². The predicted octanol–water partition coefficient (Wildman–Crippen LogP) is 3.53. The van der Waals surface area contributed by atoms with Gasteiger partial charge in [-0.25, -0.2) is 0 Å². The van der Waals surface area contributed by atoms with E-state index in [0.29, 0.717) is 6.42 Å². The second-order valence-corrected chi connectivity index (χ2v) is 7.78. The van der Waals surface area contributed by atoms with Gasteiger partial charge in [0, 0.05) is 29.5 Å². The smallest absolute Gasteiger partial charge is 0.309 e. The van der Waals surface area contributed by atoms with Gasteiger partial charge in [-0.15, -0.1) is 0 Å². The number of rotatable bonds is 10. The van der Waals surface area contributed by atoms with E-state index < -0.39 is 36.9 Å². The van der Waals surface area contributed by atoms with E-state index in [4.69, 9.17) is 23.7 Å². The molecule has 5 atom stereocenters. The highest BCUT2D eigenvalue weighted by Gasteiger charge is 2.49. The number of ether oxygens (including phenoxy) is 5. The van der Waals surface area contributed by atoms with Crippen LogP contribution in [0.4, 0.5) is 0 Å². The molecule has 0 spiro atoms. The van der Waals surface area contributed by atoms with Gasteiger partial charge >= 0.3 is 5.97 Å². The molecule has 8 heteroatoms. The van der Waals surface area contributed by atoms with E-state index in [0.717, 1.165) is 11.1 Å². The molecule has 0 amide bonds. The first kappa shape index (κ1) is 25.4. The SMILES string of the molecule is CO[C@H]1O[C@H](OC(=O)CCC#CBr)[C@@H](O)[C@H](OCc2ccccc2)[C@H]1OCc1ccccc1. The molecule has 1 N–H and O–H groups in total.